The molecule has 4 nitrogen and oxygen atoms in total. The fraction of sp³-hybridized carbons (Fsp3) is 0.136. The Morgan fingerprint density at radius 1 is 0.929 bits per heavy atom. The van der Waals surface area contributed by atoms with Crippen LogP contribution in [0, 0.1) is 6.92 Å². The van der Waals surface area contributed by atoms with Crippen LogP contribution >= 0.6 is 22.7 Å². The predicted molar refractivity (Wildman–Crippen MR) is 115 cm³/mol. The number of nitrogens with one attached hydrogen (secondary N) is 1. The van der Waals surface area contributed by atoms with Crippen molar-refractivity contribution in [1.82, 2.24) is 15.3 Å². The second-order valence-corrected chi connectivity index (χ2v) is 8.33. The largest absolute Gasteiger partial charge is 0.352 e. The van der Waals surface area contributed by atoms with Gasteiger partial charge in [0.05, 0.1) is 22.8 Å². The summed E-state index contributed by atoms with van der Waals surface area (Å²) in [7, 11) is 0. The molecule has 0 aliphatic heterocycles. The first-order chi connectivity index (χ1) is 13.7. The molecule has 2 aromatic carbocycles. The van der Waals surface area contributed by atoms with Crippen LogP contribution in [0.5, 0.6) is 0 Å². The monoisotopic (exact) mass is 405 g/mol. The summed E-state index contributed by atoms with van der Waals surface area (Å²) >= 11 is 3.21. The number of thiazole rings is 2. The highest BCUT2D eigenvalue weighted by Gasteiger charge is 2.09. The average Bonchev–Trinajstić information content (AvgIpc) is 3.37. The molecule has 0 spiro atoms. The second kappa shape index (κ2) is 8.46. The summed E-state index contributed by atoms with van der Waals surface area (Å²) in [6.45, 7) is 2.51. The van der Waals surface area contributed by atoms with E-state index in [1.54, 1.807) is 22.7 Å². The fourth-order valence-corrected chi connectivity index (χ4v) is 4.27. The number of aromatic nitrogens is 2. The van der Waals surface area contributed by atoms with Crippen LogP contribution in [0.15, 0.2) is 65.4 Å². The molecular formula is C22H19N3OS2. The Kier molecular flexibility index (Phi) is 5.60. The van der Waals surface area contributed by atoms with E-state index >= 15 is 0 Å². The highest BCUT2D eigenvalue weighted by atomic mass is 32.1. The van der Waals surface area contributed by atoms with Crippen molar-refractivity contribution in [3.8, 4) is 21.8 Å². The number of carbonyl (C=O) groups excluding carboxylic acids is 1. The van der Waals surface area contributed by atoms with E-state index in [1.807, 2.05) is 66.9 Å². The molecule has 0 unspecified atom stereocenters. The molecule has 2 heterocycles. The molecule has 0 saturated heterocycles. The van der Waals surface area contributed by atoms with Gasteiger partial charge in [-0.25, -0.2) is 9.97 Å². The molecule has 1 N–H and O–H groups in total. The van der Waals surface area contributed by atoms with Crippen LogP contribution in [0.25, 0.3) is 21.8 Å². The van der Waals surface area contributed by atoms with Crippen molar-refractivity contribution in [3.05, 3.63) is 81.6 Å². The van der Waals surface area contributed by atoms with Crippen LogP contribution in [0.1, 0.15) is 16.3 Å². The molecule has 0 saturated carbocycles. The Balaban J connectivity index is 1.32. The molecular weight excluding hydrogens is 386 g/mol. The second-order valence-electron chi connectivity index (χ2n) is 6.41. The van der Waals surface area contributed by atoms with Crippen molar-refractivity contribution in [2.45, 2.75) is 19.9 Å². The van der Waals surface area contributed by atoms with Crippen LogP contribution in [0.4, 0.5) is 0 Å². The normalized spacial score (nSPS) is 10.8. The Bertz CT molecular complexity index is 1070. The Hall–Kier alpha value is -2.83. The minimum atomic E-state index is -0.0240. The van der Waals surface area contributed by atoms with Gasteiger partial charge in [0.2, 0.25) is 5.91 Å². The van der Waals surface area contributed by atoms with Crippen molar-refractivity contribution >= 4 is 28.6 Å². The molecule has 140 valence electrons. The number of benzene rings is 2. The van der Waals surface area contributed by atoms with Gasteiger partial charge in [0, 0.05) is 28.4 Å². The lowest BCUT2D eigenvalue weighted by Crippen LogP contribution is -2.24. The smallest absolute Gasteiger partial charge is 0.226 e. The molecule has 4 rings (SSSR count). The van der Waals surface area contributed by atoms with Gasteiger partial charge in [-0.2, -0.15) is 0 Å². The van der Waals surface area contributed by atoms with Gasteiger partial charge >= 0.3 is 0 Å². The lowest BCUT2D eigenvalue weighted by molar-refractivity contribution is -0.120. The van der Waals surface area contributed by atoms with Gasteiger partial charge in [-0.15, -0.1) is 22.7 Å². The minimum absolute atomic E-state index is 0.0240. The molecule has 0 aliphatic rings. The molecule has 0 fully saturated rings. The first kappa shape index (κ1) is 18.5. The van der Waals surface area contributed by atoms with Gasteiger partial charge in [-0.1, -0.05) is 54.6 Å². The van der Waals surface area contributed by atoms with E-state index in [1.165, 1.54) is 0 Å². The number of rotatable bonds is 6. The number of hydrogen-bond acceptors (Lipinski definition) is 5. The predicted octanol–water partition coefficient (Wildman–Crippen LogP) is 5.10. The Labute approximate surface area is 171 Å². The lowest BCUT2D eigenvalue weighted by atomic mass is 10.1. The van der Waals surface area contributed by atoms with E-state index in [-0.39, 0.29) is 5.91 Å². The maximum absolute atomic E-state index is 12.3. The van der Waals surface area contributed by atoms with Crippen LogP contribution in [-0.2, 0) is 17.8 Å². The zero-order valence-electron chi connectivity index (χ0n) is 15.4. The van der Waals surface area contributed by atoms with E-state index < -0.39 is 0 Å². The molecule has 0 bridgehead atoms. The SMILES string of the molecule is Cc1nc(-c2ccc(CNC(=O)Cc3csc(-c4ccccc4)n3)cc2)cs1. The fourth-order valence-electron chi connectivity index (χ4n) is 2.82. The molecule has 1 amide bonds. The van der Waals surface area contributed by atoms with Gasteiger partial charge in [0.1, 0.15) is 5.01 Å². The Morgan fingerprint density at radius 3 is 2.43 bits per heavy atom. The van der Waals surface area contributed by atoms with Crippen LogP contribution in [0.3, 0.4) is 0 Å². The topological polar surface area (TPSA) is 54.9 Å². The maximum Gasteiger partial charge on any atom is 0.226 e. The molecule has 0 radical (unpaired) electrons. The van der Waals surface area contributed by atoms with E-state index in [9.17, 15) is 4.79 Å². The van der Waals surface area contributed by atoms with Crippen LogP contribution in [-0.4, -0.2) is 15.9 Å². The van der Waals surface area contributed by atoms with Gasteiger partial charge in [-0.05, 0) is 12.5 Å². The summed E-state index contributed by atoms with van der Waals surface area (Å²) in [5, 5.41) is 8.98. The van der Waals surface area contributed by atoms with Crippen molar-refractivity contribution in [2.24, 2.45) is 0 Å². The number of nitrogens with zero attached hydrogens (tertiary/aromatic N) is 2. The summed E-state index contributed by atoms with van der Waals surface area (Å²) in [5.74, 6) is -0.0240. The third-order valence-electron chi connectivity index (χ3n) is 4.27. The molecule has 0 aliphatic carbocycles. The van der Waals surface area contributed by atoms with Crippen LogP contribution in [0.2, 0.25) is 0 Å². The summed E-state index contributed by atoms with van der Waals surface area (Å²) in [6.07, 6.45) is 0.291. The van der Waals surface area contributed by atoms with E-state index in [0.717, 1.165) is 38.1 Å². The highest BCUT2D eigenvalue weighted by molar-refractivity contribution is 7.13. The van der Waals surface area contributed by atoms with Gasteiger partial charge in [0.15, 0.2) is 0 Å². The van der Waals surface area contributed by atoms with Gasteiger partial charge in [-0.3, -0.25) is 4.79 Å². The summed E-state index contributed by atoms with van der Waals surface area (Å²) in [6, 6.07) is 18.2. The van der Waals surface area contributed by atoms with Crippen molar-refractivity contribution < 1.29 is 4.79 Å². The zero-order chi connectivity index (χ0) is 19.3. The summed E-state index contributed by atoms with van der Waals surface area (Å²) in [5.41, 5.74) is 5.03. The van der Waals surface area contributed by atoms with Crippen molar-refractivity contribution in [3.63, 3.8) is 0 Å². The summed E-state index contributed by atoms with van der Waals surface area (Å²) < 4.78 is 0. The highest BCUT2D eigenvalue weighted by Crippen LogP contribution is 2.24. The molecule has 0 atom stereocenters. The van der Waals surface area contributed by atoms with Gasteiger partial charge < -0.3 is 5.32 Å². The molecule has 2 aromatic heterocycles. The number of amides is 1. The number of aryl methyl sites for hydroxylation is 1. The number of hydrogen-bond donors (Lipinski definition) is 1. The number of carbonyl (C=O) groups is 1. The average molecular weight is 406 g/mol. The minimum Gasteiger partial charge on any atom is -0.352 e. The first-order valence-corrected chi connectivity index (χ1v) is 10.7. The van der Waals surface area contributed by atoms with Crippen molar-refractivity contribution in [2.75, 3.05) is 0 Å². The molecule has 28 heavy (non-hydrogen) atoms. The molecule has 6 heteroatoms. The first-order valence-electron chi connectivity index (χ1n) is 8.95. The van der Waals surface area contributed by atoms with E-state index in [0.29, 0.717) is 13.0 Å². The van der Waals surface area contributed by atoms with E-state index in [2.05, 4.69) is 20.7 Å². The van der Waals surface area contributed by atoms with Crippen LogP contribution < -0.4 is 5.32 Å². The standard InChI is InChI=1S/C22H19N3OS2/c1-15-24-20(14-27-15)17-9-7-16(8-10-17)12-23-21(26)11-19-13-28-22(25-19)18-5-3-2-4-6-18/h2-10,13-14H,11-12H2,1H3,(H,23,26). The van der Waals surface area contributed by atoms with E-state index in [4.69, 9.17) is 0 Å². The van der Waals surface area contributed by atoms with Gasteiger partial charge in [0.25, 0.3) is 0 Å². The Morgan fingerprint density at radius 2 is 1.71 bits per heavy atom. The third-order valence-corrected chi connectivity index (χ3v) is 5.99. The third kappa shape index (κ3) is 4.52. The lowest BCUT2D eigenvalue weighted by Gasteiger charge is -2.05. The molecule has 4 aromatic rings. The quantitative estimate of drug-likeness (QED) is 0.485. The maximum atomic E-state index is 12.3. The summed E-state index contributed by atoms with van der Waals surface area (Å²) in [4.78, 5) is 21.3. The van der Waals surface area contributed by atoms with Crippen molar-refractivity contribution in [1.29, 1.82) is 0 Å². The zero-order valence-corrected chi connectivity index (χ0v) is 17.0.